The van der Waals surface area contributed by atoms with Crippen molar-refractivity contribution in [3.05, 3.63) is 11.9 Å². The molecule has 19 heavy (non-hydrogen) atoms. The van der Waals surface area contributed by atoms with Gasteiger partial charge in [-0.1, -0.05) is 52.9 Å². The Morgan fingerprint density at radius 2 is 1.79 bits per heavy atom. The average molecular weight is 265 g/mol. The molecule has 0 aliphatic rings. The maximum Gasteiger partial charge on any atom is 0.218 e. The maximum atomic E-state index is 5.75. The van der Waals surface area contributed by atoms with Crippen LogP contribution in [0.15, 0.2) is 6.07 Å². The molecule has 4 heteroatoms. The fourth-order valence-corrected chi connectivity index (χ4v) is 1.85. The molecule has 1 aromatic rings. The minimum absolute atomic E-state index is 0.264. The van der Waals surface area contributed by atoms with Crippen molar-refractivity contribution in [3.63, 3.8) is 0 Å². The van der Waals surface area contributed by atoms with Crippen molar-refractivity contribution in [2.75, 3.05) is 12.3 Å². The van der Waals surface area contributed by atoms with Gasteiger partial charge in [-0.05, 0) is 6.42 Å². The lowest BCUT2D eigenvalue weighted by molar-refractivity contribution is 0.291. The number of aromatic nitrogens is 2. The van der Waals surface area contributed by atoms with E-state index in [1.807, 2.05) is 13.8 Å². The first-order chi connectivity index (χ1) is 9.13. The van der Waals surface area contributed by atoms with Gasteiger partial charge in [-0.3, -0.25) is 0 Å². The van der Waals surface area contributed by atoms with Crippen molar-refractivity contribution in [3.8, 4) is 5.88 Å². The molecule has 0 amide bonds. The number of rotatable bonds is 9. The molecular weight excluding hydrogens is 238 g/mol. The van der Waals surface area contributed by atoms with Crippen LogP contribution in [0.2, 0.25) is 0 Å². The third kappa shape index (κ3) is 6.41. The van der Waals surface area contributed by atoms with E-state index in [2.05, 4.69) is 16.9 Å². The first kappa shape index (κ1) is 15.7. The van der Waals surface area contributed by atoms with Crippen LogP contribution in [0, 0.1) is 0 Å². The lowest BCUT2D eigenvalue weighted by Crippen LogP contribution is -2.06. The standard InChI is InChI=1S/C15H27N3O/c1-4-5-6-7-8-9-10-19-14-11-13(16)17-15(18-14)12(2)3/h11-12H,4-10H2,1-3H3,(H2,16,17,18). The molecule has 0 fully saturated rings. The molecule has 0 aliphatic carbocycles. The highest BCUT2D eigenvalue weighted by Gasteiger charge is 2.07. The van der Waals surface area contributed by atoms with E-state index in [-0.39, 0.29) is 5.92 Å². The zero-order valence-electron chi connectivity index (χ0n) is 12.5. The van der Waals surface area contributed by atoms with Gasteiger partial charge in [0.2, 0.25) is 5.88 Å². The molecule has 4 nitrogen and oxygen atoms in total. The largest absolute Gasteiger partial charge is 0.478 e. The second kappa shape index (κ2) is 8.73. The zero-order valence-corrected chi connectivity index (χ0v) is 12.5. The summed E-state index contributed by atoms with van der Waals surface area (Å²) in [7, 11) is 0. The van der Waals surface area contributed by atoms with Crippen LogP contribution in [0.25, 0.3) is 0 Å². The van der Waals surface area contributed by atoms with Crippen molar-refractivity contribution in [2.45, 2.75) is 65.2 Å². The predicted octanol–water partition coefficient (Wildman–Crippen LogP) is 3.92. The molecular formula is C15H27N3O. The zero-order chi connectivity index (χ0) is 14.1. The molecule has 0 bridgehead atoms. The fraction of sp³-hybridized carbons (Fsp3) is 0.733. The van der Waals surface area contributed by atoms with Crippen molar-refractivity contribution in [2.24, 2.45) is 0 Å². The van der Waals surface area contributed by atoms with Crippen molar-refractivity contribution < 1.29 is 4.74 Å². The Labute approximate surface area is 116 Å². The van der Waals surface area contributed by atoms with Gasteiger partial charge in [0.1, 0.15) is 11.6 Å². The van der Waals surface area contributed by atoms with Crippen LogP contribution in [0.3, 0.4) is 0 Å². The van der Waals surface area contributed by atoms with Gasteiger partial charge in [-0.15, -0.1) is 0 Å². The number of anilines is 1. The molecule has 1 aromatic heterocycles. The number of hydrogen-bond donors (Lipinski definition) is 1. The number of nitrogens with zero attached hydrogens (tertiary/aromatic N) is 2. The van der Waals surface area contributed by atoms with Crippen LogP contribution in [0.1, 0.15) is 71.0 Å². The van der Waals surface area contributed by atoms with Crippen molar-refractivity contribution >= 4 is 5.82 Å². The second-order valence-electron chi connectivity index (χ2n) is 5.26. The monoisotopic (exact) mass is 265 g/mol. The van der Waals surface area contributed by atoms with E-state index in [9.17, 15) is 0 Å². The average Bonchev–Trinajstić information content (AvgIpc) is 2.37. The number of ether oxygens (including phenoxy) is 1. The second-order valence-corrected chi connectivity index (χ2v) is 5.26. The molecule has 0 aromatic carbocycles. The van der Waals surface area contributed by atoms with Gasteiger partial charge in [0.25, 0.3) is 0 Å². The topological polar surface area (TPSA) is 61.0 Å². The van der Waals surface area contributed by atoms with E-state index < -0.39 is 0 Å². The van der Waals surface area contributed by atoms with E-state index >= 15 is 0 Å². The highest BCUT2D eigenvalue weighted by Crippen LogP contribution is 2.17. The minimum Gasteiger partial charge on any atom is -0.478 e. The fourth-order valence-electron chi connectivity index (χ4n) is 1.85. The summed E-state index contributed by atoms with van der Waals surface area (Å²) in [6.45, 7) is 7.04. The quantitative estimate of drug-likeness (QED) is 0.687. The molecule has 0 radical (unpaired) electrons. The SMILES string of the molecule is CCCCCCCCOc1cc(N)nc(C(C)C)n1. The molecule has 0 unspecified atom stereocenters. The summed E-state index contributed by atoms with van der Waals surface area (Å²) in [5, 5.41) is 0. The lowest BCUT2D eigenvalue weighted by Gasteiger charge is -2.09. The van der Waals surface area contributed by atoms with Crippen LogP contribution < -0.4 is 10.5 Å². The van der Waals surface area contributed by atoms with Crippen LogP contribution in [-0.4, -0.2) is 16.6 Å². The summed E-state index contributed by atoms with van der Waals surface area (Å²) in [4.78, 5) is 8.57. The van der Waals surface area contributed by atoms with E-state index in [1.54, 1.807) is 6.07 Å². The minimum atomic E-state index is 0.264. The Bertz CT molecular complexity index is 366. The Kier molecular flexibility index (Phi) is 7.23. The summed E-state index contributed by atoms with van der Waals surface area (Å²) in [5.41, 5.74) is 5.75. The van der Waals surface area contributed by atoms with Gasteiger partial charge in [0.15, 0.2) is 0 Å². The van der Waals surface area contributed by atoms with Crippen molar-refractivity contribution in [1.29, 1.82) is 0 Å². The van der Waals surface area contributed by atoms with E-state index in [4.69, 9.17) is 10.5 Å². The van der Waals surface area contributed by atoms with Gasteiger partial charge >= 0.3 is 0 Å². The summed E-state index contributed by atoms with van der Waals surface area (Å²) >= 11 is 0. The van der Waals surface area contributed by atoms with Gasteiger partial charge < -0.3 is 10.5 Å². The molecule has 0 aliphatic heterocycles. The normalized spacial score (nSPS) is 10.9. The summed E-state index contributed by atoms with van der Waals surface area (Å²) < 4.78 is 5.65. The number of unbranched alkanes of at least 4 members (excludes halogenated alkanes) is 5. The molecule has 2 N–H and O–H groups in total. The molecule has 0 atom stereocenters. The van der Waals surface area contributed by atoms with E-state index in [1.165, 1.54) is 32.1 Å². The highest BCUT2D eigenvalue weighted by molar-refractivity contribution is 5.33. The summed E-state index contributed by atoms with van der Waals surface area (Å²) in [5.74, 6) is 2.10. The third-order valence-corrected chi connectivity index (χ3v) is 3.00. The third-order valence-electron chi connectivity index (χ3n) is 3.00. The van der Waals surface area contributed by atoms with E-state index in [0.29, 0.717) is 18.3 Å². The molecule has 0 saturated heterocycles. The Hall–Kier alpha value is -1.32. The summed E-state index contributed by atoms with van der Waals surface area (Å²) in [6.07, 6.45) is 7.53. The smallest absolute Gasteiger partial charge is 0.218 e. The van der Waals surface area contributed by atoms with Crippen LogP contribution in [-0.2, 0) is 0 Å². The van der Waals surface area contributed by atoms with Gasteiger partial charge in [0.05, 0.1) is 6.61 Å². The van der Waals surface area contributed by atoms with Crippen LogP contribution in [0.4, 0.5) is 5.82 Å². The van der Waals surface area contributed by atoms with Gasteiger partial charge in [0, 0.05) is 12.0 Å². The van der Waals surface area contributed by atoms with Gasteiger partial charge in [-0.25, -0.2) is 4.98 Å². The molecule has 0 spiro atoms. The number of hydrogen-bond acceptors (Lipinski definition) is 4. The lowest BCUT2D eigenvalue weighted by atomic mass is 10.1. The molecule has 108 valence electrons. The summed E-state index contributed by atoms with van der Waals surface area (Å²) in [6, 6.07) is 1.70. The predicted molar refractivity (Wildman–Crippen MR) is 79.4 cm³/mol. The Morgan fingerprint density at radius 1 is 1.11 bits per heavy atom. The van der Waals surface area contributed by atoms with E-state index in [0.717, 1.165) is 12.2 Å². The molecule has 0 saturated carbocycles. The number of nitrogen functional groups attached to an aromatic ring is 1. The van der Waals surface area contributed by atoms with Crippen LogP contribution >= 0.6 is 0 Å². The number of nitrogens with two attached hydrogens (primary N) is 1. The molecule has 1 rings (SSSR count). The van der Waals surface area contributed by atoms with Crippen LogP contribution in [0.5, 0.6) is 5.88 Å². The molecule has 1 heterocycles. The Morgan fingerprint density at radius 3 is 2.47 bits per heavy atom. The maximum absolute atomic E-state index is 5.75. The first-order valence-corrected chi connectivity index (χ1v) is 7.40. The van der Waals surface area contributed by atoms with Gasteiger partial charge in [-0.2, -0.15) is 4.98 Å². The first-order valence-electron chi connectivity index (χ1n) is 7.40. The Balaban J connectivity index is 2.29. The van der Waals surface area contributed by atoms with Crippen molar-refractivity contribution in [1.82, 2.24) is 9.97 Å². The highest BCUT2D eigenvalue weighted by atomic mass is 16.5.